The number of carbonyl (C=O) groups is 1. The minimum atomic E-state index is -0.462. The zero-order valence-corrected chi connectivity index (χ0v) is 19.7. The molecule has 0 aliphatic heterocycles. The molecule has 0 N–H and O–H groups in total. The number of nitro benzene ring substituents is 1. The number of nitro groups is 1. The second-order valence-electron chi connectivity index (χ2n) is 8.16. The molecule has 0 aliphatic rings. The maximum absolute atomic E-state index is 13.0. The SMILES string of the molecule is O=C(COCc1ccccc1)N(CCc1ccccc1)CCc1nc(-c2ccc([N+](=O)[O-])cc2)no1. The van der Waals surface area contributed by atoms with Crippen LogP contribution in [0.25, 0.3) is 11.4 Å². The molecule has 0 saturated carbocycles. The number of aromatic nitrogens is 2. The van der Waals surface area contributed by atoms with Crippen LogP contribution in [0.1, 0.15) is 17.0 Å². The van der Waals surface area contributed by atoms with E-state index in [0.29, 0.717) is 49.8 Å². The molecule has 4 aromatic rings. The van der Waals surface area contributed by atoms with Gasteiger partial charge in [-0.25, -0.2) is 0 Å². The van der Waals surface area contributed by atoms with E-state index in [9.17, 15) is 14.9 Å². The number of ether oxygens (including phenoxy) is 1. The lowest BCUT2D eigenvalue weighted by Gasteiger charge is -2.22. The van der Waals surface area contributed by atoms with Gasteiger partial charge in [-0.15, -0.1) is 0 Å². The summed E-state index contributed by atoms with van der Waals surface area (Å²) in [5, 5.41) is 14.8. The molecule has 184 valence electrons. The predicted octanol–water partition coefficient (Wildman–Crippen LogP) is 4.48. The lowest BCUT2D eigenvalue weighted by atomic mass is 10.1. The molecule has 0 aliphatic carbocycles. The molecule has 0 bridgehead atoms. The third-order valence-electron chi connectivity index (χ3n) is 5.60. The second-order valence-corrected chi connectivity index (χ2v) is 8.16. The van der Waals surface area contributed by atoms with Crippen molar-refractivity contribution in [3.05, 3.63) is 112 Å². The van der Waals surface area contributed by atoms with Crippen LogP contribution in [0.5, 0.6) is 0 Å². The molecule has 0 fully saturated rings. The summed E-state index contributed by atoms with van der Waals surface area (Å²) < 4.78 is 11.0. The highest BCUT2D eigenvalue weighted by Gasteiger charge is 2.17. The summed E-state index contributed by atoms with van der Waals surface area (Å²) in [6.45, 7) is 1.26. The van der Waals surface area contributed by atoms with E-state index in [1.54, 1.807) is 17.0 Å². The summed E-state index contributed by atoms with van der Waals surface area (Å²) >= 11 is 0. The van der Waals surface area contributed by atoms with Gasteiger partial charge < -0.3 is 14.2 Å². The molecule has 0 spiro atoms. The van der Waals surface area contributed by atoms with Crippen molar-refractivity contribution >= 4 is 11.6 Å². The fraction of sp³-hybridized carbons (Fsp3) is 0.222. The van der Waals surface area contributed by atoms with Crippen LogP contribution < -0.4 is 0 Å². The largest absolute Gasteiger partial charge is 0.367 e. The molecule has 4 rings (SSSR count). The van der Waals surface area contributed by atoms with E-state index < -0.39 is 4.92 Å². The van der Waals surface area contributed by atoms with E-state index in [4.69, 9.17) is 9.26 Å². The fourth-order valence-electron chi connectivity index (χ4n) is 3.63. The van der Waals surface area contributed by atoms with Gasteiger partial charge in [0.2, 0.25) is 17.6 Å². The third-order valence-corrected chi connectivity index (χ3v) is 5.60. The normalized spacial score (nSPS) is 10.8. The van der Waals surface area contributed by atoms with E-state index in [-0.39, 0.29) is 18.2 Å². The molecule has 0 radical (unpaired) electrons. The van der Waals surface area contributed by atoms with Gasteiger partial charge in [0.15, 0.2) is 0 Å². The average molecular weight is 487 g/mol. The van der Waals surface area contributed by atoms with Gasteiger partial charge in [-0.2, -0.15) is 4.98 Å². The van der Waals surface area contributed by atoms with Crippen molar-refractivity contribution < 1.29 is 19.0 Å². The Bertz CT molecular complexity index is 1260. The molecule has 3 aromatic carbocycles. The number of carbonyl (C=O) groups excluding carboxylic acids is 1. The van der Waals surface area contributed by atoms with Gasteiger partial charge in [0, 0.05) is 37.2 Å². The van der Waals surface area contributed by atoms with E-state index >= 15 is 0 Å². The first-order valence-electron chi connectivity index (χ1n) is 11.6. The molecule has 9 heteroatoms. The quantitative estimate of drug-likeness (QED) is 0.214. The Morgan fingerprint density at radius 3 is 2.19 bits per heavy atom. The molecule has 9 nitrogen and oxygen atoms in total. The summed E-state index contributed by atoms with van der Waals surface area (Å²) in [5.74, 6) is 0.608. The van der Waals surface area contributed by atoms with Crippen molar-refractivity contribution in [1.82, 2.24) is 15.0 Å². The van der Waals surface area contributed by atoms with E-state index in [2.05, 4.69) is 10.1 Å². The van der Waals surface area contributed by atoms with Crippen LogP contribution in [0.15, 0.2) is 89.5 Å². The smallest absolute Gasteiger partial charge is 0.269 e. The van der Waals surface area contributed by atoms with Crippen LogP contribution >= 0.6 is 0 Å². The molecule has 1 amide bonds. The van der Waals surface area contributed by atoms with Crippen molar-refractivity contribution in [2.24, 2.45) is 0 Å². The lowest BCUT2D eigenvalue weighted by Crippen LogP contribution is -2.37. The third kappa shape index (κ3) is 7.07. The number of nitrogens with zero attached hydrogens (tertiary/aromatic N) is 4. The van der Waals surface area contributed by atoms with Gasteiger partial charge in [-0.05, 0) is 29.7 Å². The van der Waals surface area contributed by atoms with Gasteiger partial charge in [0.05, 0.1) is 11.5 Å². The summed E-state index contributed by atoms with van der Waals surface area (Å²) in [4.78, 5) is 29.5. The number of non-ortho nitro benzene ring substituents is 1. The minimum absolute atomic E-state index is 0.00970. The van der Waals surface area contributed by atoms with Crippen molar-refractivity contribution in [3.63, 3.8) is 0 Å². The Balaban J connectivity index is 1.36. The average Bonchev–Trinajstić information content (AvgIpc) is 3.39. The van der Waals surface area contributed by atoms with Crippen molar-refractivity contribution in [2.45, 2.75) is 19.4 Å². The Morgan fingerprint density at radius 2 is 1.53 bits per heavy atom. The molecule has 0 unspecified atom stereocenters. The van der Waals surface area contributed by atoms with Crippen LogP contribution in [-0.2, 0) is 29.0 Å². The summed E-state index contributed by atoms with van der Waals surface area (Å²) in [5.41, 5.74) is 2.75. The maximum atomic E-state index is 13.0. The number of hydrogen-bond donors (Lipinski definition) is 0. The first-order valence-corrected chi connectivity index (χ1v) is 11.6. The van der Waals surface area contributed by atoms with Gasteiger partial charge in [-0.3, -0.25) is 14.9 Å². The summed E-state index contributed by atoms with van der Waals surface area (Å²) in [6, 6.07) is 25.6. The molecular formula is C27H26N4O5. The first kappa shape index (κ1) is 24.7. The monoisotopic (exact) mass is 486 g/mol. The first-order chi connectivity index (χ1) is 17.6. The highest BCUT2D eigenvalue weighted by Crippen LogP contribution is 2.20. The summed E-state index contributed by atoms with van der Waals surface area (Å²) in [7, 11) is 0. The molecular weight excluding hydrogens is 460 g/mol. The fourth-order valence-corrected chi connectivity index (χ4v) is 3.63. The topological polar surface area (TPSA) is 112 Å². The van der Waals surface area contributed by atoms with Gasteiger partial charge in [-0.1, -0.05) is 65.8 Å². The van der Waals surface area contributed by atoms with Crippen LogP contribution in [0.2, 0.25) is 0 Å². The van der Waals surface area contributed by atoms with Crippen molar-refractivity contribution in [3.8, 4) is 11.4 Å². The van der Waals surface area contributed by atoms with Gasteiger partial charge in [0.1, 0.15) is 6.61 Å². The molecule has 1 aromatic heterocycles. The molecule has 0 saturated heterocycles. The molecule has 36 heavy (non-hydrogen) atoms. The highest BCUT2D eigenvalue weighted by molar-refractivity contribution is 5.77. The van der Waals surface area contributed by atoms with Crippen LogP contribution in [0, 0.1) is 10.1 Å². The standard InChI is InChI=1S/C27H26N4O5/c32-26(20-35-19-22-9-5-2-6-10-22)30(17-15-21-7-3-1-4-8-21)18-16-25-28-27(29-36-25)23-11-13-24(14-12-23)31(33)34/h1-14H,15-20H2. The van der Waals surface area contributed by atoms with Gasteiger partial charge in [0.25, 0.3) is 5.69 Å². The van der Waals surface area contributed by atoms with E-state index in [1.165, 1.54) is 12.1 Å². The van der Waals surface area contributed by atoms with Crippen LogP contribution in [0.4, 0.5) is 5.69 Å². The predicted molar refractivity (Wildman–Crippen MR) is 133 cm³/mol. The zero-order valence-electron chi connectivity index (χ0n) is 19.7. The Morgan fingerprint density at radius 1 is 0.889 bits per heavy atom. The Labute approximate surface area is 208 Å². The van der Waals surface area contributed by atoms with Crippen molar-refractivity contribution in [1.29, 1.82) is 0 Å². The zero-order chi connectivity index (χ0) is 25.2. The number of rotatable bonds is 12. The maximum Gasteiger partial charge on any atom is 0.269 e. The highest BCUT2D eigenvalue weighted by atomic mass is 16.6. The van der Waals surface area contributed by atoms with Gasteiger partial charge >= 0.3 is 0 Å². The number of amides is 1. The number of benzene rings is 3. The Hall–Kier alpha value is -4.37. The lowest BCUT2D eigenvalue weighted by molar-refractivity contribution is -0.384. The van der Waals surface area contributed by atoms with E-state index in [0.717, 1.165) is 11.1 Å². The molecule has 1 heterocycles. The number of hydrogen-bond acceptors (Lipinski definition) is 7. The second kappa shape index (κ2) is 12.4. The summed E-state index contributed by atoms with van der Waals surface area (Å²) in [6.07, 6.45) is 1.09. The minimum Gasteiger partial charge on any atom is -0.367 e. The molecule has 0 atom stereocenters. The Kier molecular flexibility index (Phi) is 8.50. The van der Waals surface area contributed by atoms with Crippen LogP contribution in [-0.4, -0.2) is 45.6 Å². The van der Waals surface area contributed by atoms with Crippen molar-refractivity contribution in [2.75, 3.05) is 19.7 Å². The van der Waals surface area contributed by atoms with E-state index in [1.807, 2.05) is 60.7 Å². The van der Waals surface area contributed by atoms with Crippen LogP contribution in [0.3, 0.4) is 0 Å².